The van der Waals surface area contributed by atoms with Crippen molar-refractivity contribution >= 4 is 24.3 Å². The van der Waals surface area contributed by atoms with Gasteiger partial charge in [-0.3, -0.25) is 14.5 Å². The number of likely N-dealkylation sites (tertiary alicyclic amines) is 2. The van der Waals surface area contributed by atoms with Crippen molar-refractivity contribution in [1.29, 1.82) is 0 Å². The average Bonchev–Trinajstić information content (AvgIpc) is 3.98. The molecule has 4 aromatic heterocycles. The first-order valence-electron chi connectivity index (χ1n) is 21.1. The van der Waals surface area contributed by atoms with E-state index in [4.69, 9.17) is 14.2 Å². The zero-order chi connectivity index (χ0) is 45.6. The number of imidazole rings is 2. The lowest BCUT2D eigenvalue weighted by molar-refractivity contribution is 0.0144. The minimum atomic E-state index is -0.536. The van der Waals surface area contributed by atoms with Crippen molar-refractivity contribution in [2.24, 2.45) is 0 Å². The molecule has 0 bridgehead atoms. The summed E-state index contributed by atoms with van der Waals surface area (Å²) in [6.45, 7) is 13.9. The fourth-order valence-electron chi connectivity index (χ4n) is 6.63. The monoisotopic (exact) mass is 864 g/mol. The van der Waals surface area contributed by atoms with Gasteiger partial charge in [0.05, 0.1) is 17.4 Å². The van der Waals surface area contributed by atoms with Gasteiger partial charge in [0.1, 0.15) is 29.6 Å². The number of para-hydroxylation sites is 1. The maximum atomic E-state index is 12.9. The highest BCUT2D eigenvalue weighted by Gasteiger charge is 2.32. The number of hydrogen-bond acceptors (Lipinski definition) is 12. The number of likely N-dealkylation sites (N-methyl/N-ethyl adjacent to an activating group) is 2. The second-order valence-electron chi connectivity index (χ2n) is 17.2. The van der Waals surface area contributed by atoms with Crippen LogP contribution in [-0.2, 0) is 9.47 Å². The fourth-order valence-corrected chi connectivity index (χ4v) is 6.63. The SMILES string of the molecule is CN(C(=O)n1cnc(-c2ccncc2)c1)C1CCCN(C(=O)OC(C)(C)C)C1.CNC1CCCN(C(=O)OC(C)(C)C)C1.O=C(Oc1ccccc1)n1cnc(-c2cccnc2)c1. The first-order valence-corrected chi connectivity index (χ1v) is 21.1. The summed E-state index contributed by atoms with van der Waals surface area (Å²) in [6.07, 6.45) is 15.8. The molecule has 0 radical (unpaired) electrons. The van der Waals surface area contributed by atoms with Gasteiger partial charge in [0, 0.05) is 87.6 Å². The normalized spacial score (nSPS) is 16.3. The van der Waals surface area contributed by atoms with Crippen LogP contribution < -0.4 is 10.1 Å². The number of hydrogen-bond donors (Lipinski definition) is 1. The molecule has 2 saturated heterocycles. The summed E-state index contributed by atoms with van der Waals surface area (Å²) in [7, 11) is 3.70. The van der Waals surface area contributed by atoms with Crippen LogP contribution in [0.4, 0.5) is 19.2 Å². The van der Waals surface area contributed by atoms with Crippen molar-refractivity contribution in [3.8, 4) is 28.3 Å². The summed E-state index contributed by atoms with van der Waals surface area (Å²) in [5.74, 6) is 0.495. The van der Waals surface area contributed by atoms with Crippen LogP contribution in [0.15, 0.2) is 104 Å². The Balaban J connectivity index is 0.000000188. The van der Waals surface area contributed by atoms with Crippen LogP contribution >= 0.6 is 0 Å². The Hall–Kier alpha value is -6.62. The van der Waals surface area contributed by atoms with Gasteiger partial charge >= 0.3 is 24.3 Å². The van der Waals surface area contributed by atoms with E-state index in [0.29, 0.717) is 36.3 Å². The Morgan fingerprint density at radius 1 is 0.683 bits per heavy atom. The maximum Gasteiger partial charge on any atom is 0.424 e. The van der Waals surface area contributed by atoms with Gasteiger partial charge in [-0.1, -0.05) is 18.2 Å². The van der Waals surface area contributed by atoms with Gasteiger partial charge < -0.3 is 34.2 Å². The summed E-state index contributed by atoms with van der Waals surface area (Å²) in [4.78, 5) is 70.6. The molecule has 2 aliphatic heterocycles. The molecule has 2 aliphatic rings. The molecule has 2 unspecified atom stereocenters. The molecule has 2 fully saturated rings. The lowest BCUT2D eigenvalue weighted by Gasteiger charge is -2.38. The molecule has 17 heteroatoms. The molecule has 17 nitrogen and oxygen atoms in total. The van der Waals surface area contributed by atoms with Crippen molar-refractivity contribution in [2.45, 2.75) is 90.5 Å². The van der Waals surface area contributed by atoms with Crippen molar-refractivity contribution in [3.63, 3.8) is 0 Å². The number of rotatable bonds is 5. The minimum absolute atomic E-state index is 0.0689. The second-order valence-corrected chi connectivity index (χ2v) is 17.2. The minimum Gasteiger partial charge on any atom is -0.444 e. The van der Waals surface area contributed by atoms with E-state index in [9.17, 15) is 19.2 Å². The predicted molar refractivity (Wildman–Crippen MR) is 238 cm³/mol. The van der Waals surface area contributed by atoms with E-state index < -0.39 is 17.3 Å². The van der Waals surface area contributed by atoms with Crippen LogP contribution in [0.1, 0.15) is 67.2 Å². The first-order chi connectivity index (χ1) is 30.0. The van der Waals surface area contributed by atoms with Crippen LogP contribution in [0.2, 0.25) is 0 Å². The second kappa shape index (κ2) is 21.9. The van der Waals surface area contributed by atoms with E-state index in [0.717, 1.165) is 49.9 Å². The number of piperidine rings is 2. The van der Waals surface area contributed by atoms with Crippen molar-refractivity contribution in [2.75, 3.05) is 40.3 Å². The van der Waals surface area contributed by atoms with E-state index in [-0.39, 0.29) is 24.3 Å². The summed E-state index contributed by atoms with van der Waals surface area (Å²) >= 11 is 0. The van der Waals surface area contributed by atoms with Crippen LogP contribution in [0.3, 0.4) is 0 Å². The van der Waals surface area contributed by atoms with E-state index >= 15 is 0 Å². The smallest absolute Gasteiger partial charge is 0.424 e. The third kappa shape index (κ3) is 14.8. The number of carbonyl (C=O) groups excluding carboxylic acids is 4. The molecular formula is C46H60N10O7. The van der Waals surface area contributed by atoms with Gasteiger partial charge in [-0.25, -0.2) is 33.7 Å². The Morgan fingerprint density at radius 3 is 1.87 bits per heavy atom. The maximum absolute atomic E-state index is 12.9. The van der Waals surface area contributed by atoms with E-state index in [2.05, 4.69) is 25.3 Å². The zero-order valence-electron chi connectivity index (χ0n) is 37.5. The number of nitrogens with one attached hydrogen (secondary N) is 1. The van der Waals surface area contributed by atoms with Crippen molar-refractivity contribution in [1.82, 2.24) is 49.1 Å². The van der Waals surface area contributed by atoms with E-state index in [1.165, 1.54) is 21.8 Å². The Morgan fingerprint density at radius 2 is 1.27 bits per heavy atom. The van der Waals surface area contributed by atoms with E-state index in [1.54, 1.807) is 83.2 Å². The lowest BCUT2D eigenvalue weighted by atomic mass is 10.1. The summed E-state index contributed by atoms with van der Waals surface area (Å²) < 4.78 is 18.8. The fraction of sp³-hybridized carbons (Fsp3) is 0.435. The highest BCUT2D eigenvalue weighted by molar-refractivity contribution is 5.78. The topological polar surface area (TPSA) is 179 Å². The molecule has 0 aliphatic carbocycles. The van der Waals surface area contributed by atoms with Crippen molar-refractivity contribution in [3.05, 3.63) is 104 Å². The molecule has 0 spiro atoms. The van der Waals surface area contributed by atoms with Crippen LogP contribution in [-0.4, -0.2) is 132 Å². The zero-order valence-corrected chi connectivity index (χ0v) is 37.5. The first kappa shape index (κ1) is 47.4. The Kier molecular flexibility index (Phi) is 16.5. The molecule has 3 amide bonds. The highest BCUT2D eigenvalue weighted by atomic mass is 16.6. The molecule has 5 aromatic rings. The van der Waals surface area contributed by atoms with Gasteiger partial charge in [0.25, 0.3) is 0 Å². The van der Waals surface area contributed by atoms with Crippen LogP contribution in [0, 0.1) is 0 Å². The van der Waals surface area contributed by atoms with Gasteiger partial charge in [0.2, 0.25) is 0 Å². The third-order valence-electron chi connectivity index (χ3n) is 9.86. The number of benzene rings is 1. The number of pyridine rings is 2. The Bertz CT molecular complexity index is 2220. The summed E-state index contributed by atoms with van der Waals surface area (Å²) in [5.41, 5.74) is 2.19. The molecule has 336 valence electrons. The number of amides is 3. The number of carbonyl (C=O) groups is 4. The third-order valence-corrected chi connectivity index (χ3v) is 9.86. The van der Waals surface area contributed by atoms with Gasteiger partial charge in [-0.05, 0) is 111 Å². The Labute approximate surface area is 369 Å². The standard InChI is InChI=1S/C20H27N5O3.C15H11N3O2.C11H22N2O2/c1-20(2,3)28-19(27)24-11-5-6-16(12-24)23(4)18(26)25-13-17(22-14-25)15-7-9-21-10-8-15;19-15(20-13-6-2-1-3-7-13)18-10-14(17-11-18)12-5-4-8-16-9-12;1-11(2,3)15-10(14)13-7-5-6-9(8-13)12-4/h7-10,13-14,16H,5-6,11-12H2,1-4H3;1-11H;9,12H,5-8H2,1-4H3. The molecule has 1 aromatic carbocycles. The van der Waals surface area contributed by atoms with Gasteiger partial charge in [-0.2, -0.15) is 0 Å². The van der Waals surface area contributed by atoms with Crippen molar-refractivity contribution < 1.29 is 33.4 Å². The number of ether oxygens (including phenoxy) is 3. The number of nitrogens with zero attached hydrogens (tertiary/aromatic N) is 9. The lowest BCUT2D eigenvalue weighted by Crippen LogP contribution is -2.51. The molecular weight excluding hydrogens is 805 g/mol. The number of aromatic nitrogens is 6. The van der Waals surface area contributed by atoms with Gasteiger partial charge in [0.15, 0.2) is 0 Å². The van der Waals surface area contributed by atoms with Gasteiger partial charge in [-0.15, -0.1) is 0 Å². The van der Waals surface area contributed by atoms with Crippen LogP contribution in [0.25, 0.3) is 22.5 Å². The molecule has 2 atom stereocenters. The quantitative estimate of drug-likeness (QED) is 0.181. The summed E-state index contributed by atoms with van der Waals surface area (Å²) in [6, 6.07) is 16.5. The predicted octanol–water partition coefficient (Wildman–Crippen LogP) is 7.84. The summed E-state index contributed by atoms with van der Waals surface area (Å²) in [5, 5.41) is 3.20. The van der Waals surface area contributed by atoms with E-state index in [1.807, 2.05) is 78.9 Å². The molecule has 63 heavy (non-hydrogen) atoms. The molecule has 6 heterocycles. The molecule has 1 N–H and O–H groups in total. The average molecular weight is 865 g/mol. The highest BCUT2D eigenvalue weighted by Crippen LogP contribution is 2.21. The molecule has 0 saturated carbocycles. The largest absolute Gasteiger partial charge is 0.444 e. The van der Waals surface area contributed by atoms with Crippen LogP contribution in [0.5, 0.6) is 5.75 Å². The molecule has 7 rings (SSSR count).